The second kappa shape index (κ2) is 6.82. The monoisotopic (exact) mass is 331 g/mol. The van der Waals surface area contributed by atoms with Crippen LogP contribution in [0.1, 0.15) is 73.6 Å². The van der Waals surface area contributed by atoms with Crippen LogP contribution in [-0.2, 0) is 0 Å². The van der Waals surface area contributed by atoms with Crippen molar-refractivity contribution < 1.29 is 4.79 Å². The largest absolute Gasteiger partial charge is 0.348 e. The lowest BCUT2D eigenvalue weighted by molar-refractivity contribution is 0.0941. The van der Waals surface area contributed by atoms with Crippen molar-refractivity contribution in [2.24, 2.45) is 11.8 Å². The quantitative estimate of drug-likeness (QED) is 0.887. The first-order valence-corrected chi connectivity index (χ1v) is 9.67. The molecule has 1 aromatic rings. The number of amides is 1. The fourth-order valence-electron chi connectivity index (χ4n) is 4.65. The van der Waals surface area contributed by atoms with Gasteiger partial charge < -0.3 is 10.6 Å². The Labute approximate surface area is 143 Å². The van der Waals surface area contributed by atoms with Crippen LogP contribution in [0.15, 0.2) is 0 Å². The molecule has 0 aromatic carbocycles. The Balaban J connectivity index is 1.36. The molecule has 6 nitrogen and oxygen atoms in total. The predicted molar refractivity (Wildman–Crippen MR) is 91.8 cm³/mol. The molecule has 1 saturated heterocycles. The Kier molecular flexibility index (Phi) is 4.57. The SMILES string of the molecule is Cc1c(C(=O)NC2CC2C2CCCCC2)nnn1C1CCNCC1. The zero-order valence-corrected chi connectivity index (χ0v) is 14.6. The van der Waals surface area contributed by atoms with Gasteiger partial charge in [0.05, 0.1) is 11.7 Å². The molecule has 24 heavy (non-hydrogen) atoms. The van der Waals surface area contributed by atoms with Crippen LogP contribution in [-0.4, -0.2) is 40.0 Å². The highest BCUT2D eigenvalue weighted by Crippen LogP contribution is 2.44. The molecule has 3 fully saturated rings. The third-order valence-electron chi connectivity index (χ3n) is 6.21. The van der Waals surface area contributed by atoms with E-state index in [1.54, 1.807) is 0 Å². The molecule has 2 unspecified atom stereocenters. The molecule has 1 aromatic heterocycles. The minimum absolute atomic E-state index is 0.0315. The summed E-state index contributed by atoms with van der Waals surface area (Å²) in [5, 5.41) is 15.0. The van der Waals surface area contributed by atoms with Crippen molar-refractivity contribution in [3.05, 3.63) is 11.4 Å². The topological polar surface area (TPSA) is 71.8 Å². The summed E-state index contributed by atoms with van der Waals surface area (Å²) in [5.41, 5.74) is 1.43. The lowest BCUT2D eigenvalue weighted by atomic mass is 9.85. The molecule has 2 N–H and O–H groups in total. The zero-order chi connectivity index (χ0) is 16.5. The number of hydrogen-bond donors (Lipinski definition) is 2. The van der Waals surface area contributed by atoms with Crippen molar-refractivity contribution in [3.63, 3.8) is 0 Å². The van der Waals surface area contributed by atoms with E-state index in [4.69, 9.17) is 0 Å². The molecule has 1 amide bonds. The minimum atomic E-state index is -0.0315. The predicted octanol–water partition coefficient (Wildman–Crippen LogP) is 2.21. The van der Waals surface area contributed by atoms with Gasteiger partial charge in [0.2, 0.25) is 0 Å². The van der Waals surface area contributed by atoms with Gasteiger partial charge in [-0.3, -0.25) is 4.79 Å². The van der Waals surface area contributed by atoms with Gasteiger partial charge in [-0.2, -0.15) is 0 Å². The first-order chi connectivity index (χ1) is 11.7. The van der Waals surface area contributed by atoms with Crippen LogP contribution in [0.4, 0.5) is 0 Å². The number of carbonyl (C=O) groups excluding carboxylic acids is 1. The number of aromatic nitrogens is 3. The van der Waals surface area contributed by atoms with Crippen molar-refractivity contribution in [1.82, 2.24) is 25.6 Å². The molecular formula is C18H29N5O. The van der Waals surface area contributed by atoms with Gasteiger partial charge in [-0.05, 0) is 51.1 Å². The van der Waals surface area contributed by atoms with Gasteiger partial charge >= 0.3 is 0 Å². The molecule has 2 aliphatic carbocycles. The Morgan fingerprint density at radius 1 is 1.17 bits per heavy atom. The van der Waals surface area contributed by atoms with Crippen molar-refractivity contribution in [2.45, 2.75) is 70.4 Å². The number of carbonyl (C=O) groups is 1. The van der Waals surface area contributed by atoms with E-state index in [-0.39, 0.29) is 5.91 Å². The first-order valence-electron chi connectivity index (χ1n) is 9.67. The van der Waals surface area contributed by atoms with E-state index in [2.05, 4.69) is 20.9 Å². The lowest BCUT2D eigenvalue weighted by Gasteiger charge is -2.23. The Morgan fingerprint density at radius 3 is 2.67 bits per heavy atom. The second-order valence-corrected chi connectivity index (χ2v) is 7.83. The fourth-order valence-corrected chi connectivity index (χ4v) is 4.65. The summed E-state index contributed by atoms with van der Waals surface area (Å²) >= 11 is 0. The zero-order valence-electron chi connectivity index (χ0n) is 14.6. The van der Waals surface area contributed by atoms with E-state index in [1.165, 1.54) is 32.1 Å². The molecule has 2 heterocycles. The lowest BCUT2D eigenvalue weighted by Crippen LogP contribution is -2.31. The molecule has 2 atom stereocenters. The highest BCUT2D eigenvalue weighted by molar-refractivity contribution is 5.93. The van der Waals surface area contributed by atoms with Crippen molar-refractivity contribution in [2.75, 3.05) is 13.1 Å². The summed E-state index contributed by atoms with van der Waals surface area (Å²) in [4.78, 5) is 12.6. The first kappa shape index (κ1) is 16.1. The maximum Gasteiger partial charge on any atom is 0.273 e. The molecule has 3 aliphatic rings. The summed E-state index contributed by atoms with van der Waals surface area (Å²) in [6.45, 7) is 4.00. The summed E-state index contributed by atoms with van der Waals surface area (Å²) < 4.78 is 1.96. The van der Waals surface area contributed by atoms with Crippen molar-refractivity contribution in [1.29, 1.82) is 0 Å². The molecule has 0 radical (unpaired) electrons. The fraction of sp³-hybridized carbons (Fsp3) is 0.833. The number of piperidine rings is 1. The van der Waals surface area contributed by atoms with Crippen LogP contribution in [0, 0.1) is 18.8 Å². The number of nitrogens with one attached hydrogen (secondary N) is 2. The van der Waals surface area contributed by atoms with Gasteiger partial charge in [0, 0.05) is 6.04 Å². The van der Waals surface area contributed by atoms with Crippen LogP contribution in [0.25, 0.3) is 0 Å². The number of nitrogens with zero attached hydrogens (tertiary/aromatic N) is 3. The van der Waals surface area contributed by atoms with E-state index in [1.807, 2.05) is 11.6 Å². The molecule has 2 saturated carbocycles. The van der Waals surface area contributed by atoms with E-state index in [0.29, 0.717) is 23.7 Å². The van der Waals surface area contributed by atoms with Crippen molar-refractivity contribution in [3.8, 4) is 0 Å². The average molecular weight is 331 g/mol. The van der Waals surface area contributed by atoms with E-state index < -0.39 is 0 Å². The molecule has 0 spiro atoms. The van der Waals surface area contributed by atoms with E-state index >= 15 is 0 Å². The third-order valence-corrected chi connectivity index (χ3v) is 6.21. The maximum absolute atomic E-state index is 12.6. The molecule has 4 rings (SSSR count). The van der Waals surface area contributed by atoms with Crippen LogP contribution in [0.3, 0.4) is 0 Å². The molecular weight excluding hydrogens is 302 g/mol. The normalized spacial score (nSPS) is 28.7. The average Bonchev–Trinajstić information content (AvgIpc) is 3.28. The number of rotatable bonds is 4. The molecule has 6 heteroatoms. The second-order valence-electron chi connectivity index (χ2n) is 7.83. The van der Waals surface area contributed by atoms with Gasteiger partial charge in [-0.15, -0.1) is 5.10 Å². The Hall–Kier alpha value is -1.43. The number of hydrogen-bond acceptors (Lipinski definition) is 4. The van der Waals surface area contributed by atoms with Gasteiger partial charge in [0.25, 0.3) is 5.91 Å². The maximum atomic E-state index is 12.6. The summed E-state index contributed by atoms with van der Waals surface area (Å²) in [6, 6.07) is 0.736. The van der Waals surface area contributed by atoms with E-state index in [9.17, 15) is 4.79 Å². The molecule has 132 valence electrons. The van der Waals surface area contributed by atoms with Gasteiger partial charge in [0.15, 0.2) is 5.69 Å². The van der Waals surface area contributed by atoms with Crippen molar-refractivity contribution >= 4 is 5.91 Å². The summed E-state index contributed by atoms with van der Waals surface area (Å²) in [5.74, 6) is 1.50. The van der Waals surface area contributed by atoms with Crippen LogP contribution < -0.4 is 10.6 Å². The van der Waals surface area contributed by atoms with Gasteiger partial charge in [-0.25, -0.2) is 4.68 Å². The summed E-state index contributed by atoms with van der Waals surface area (Å²) in [6.07, 6.45) is 10.1. The third kappa shape index (κ3) is 3.21. The smallest absolute Gasteiger partial charge is 0.273 e. The highest BCUT2D eigenvalue weighted by Gasteiger charge is 2.44. The van der Waals surface area contributed by atoms with Crippen LogP contribution in [0.2, 0.25) is 0 Å². The van der Waals surface area contributed by atoms with Gasteiger partial charge in [0.1, 0.15) is 0 Å². The van der Waals surface area contributed by atoms with E-state index in [0.717, 1.165) is 44.0 Å². The van der Waals surface area contributed by atoms with Crippen LogP contribution >= 0.6 is 0 Å². The highest BCUT2D eigenvalue weighted by atomic mass is 16.2. The summed E-state index contributed by atoms with van der Waals surface area (Å²) in [7, 11) is 0. The standard InChI is InChI=1S/C18H29N5O/c1-12-17(21-22-23(12)14-7-9-19-10-8-14)18(24)20-16-11-15(16)13-5-3-2-4-6-13/h13-16,19H,2-11H2,1H3,(H,20,24). The molecule has 0 bridgehead atoms. The van der Waals surface area contributed by atoms with Crippen LogP contribution in [0.5, 0.6) is 0 Å². The Morgan fingerprint density at radius 2 is 1.92 bits per heavy atom. The Bertz CT molecular complexity index is 586. The minimum Gasteiger partial charge on any atom is -0.348 e. The van der Waals surface area contributed by atoms with Gasteiger partial charge in [-0.1, -0.05) is 37.3 Å². The molecule has 1 aliphatic heterocycles.